The van der Waals surface area contributed by atoms with Gasteiger partial charge < -0.3 is 25.5 Å². The number of nitriles is 1. The molecule has 2 aromatic rings. The number of aliphatic hydroxyl groups is 3. The molecule has 2 atom stereocenters. The second-order valence-corrected chi connectivity index (χ2v) is 7.93. The van der Waals surface area contributed by atoms with Gasteiger partial charge in [0.2, 0.25) is 0 Å². The topological polar surface area (TPSA) is 117 Å². The summed E-state index contributed by atoms with van der Waals surface area (Å²) in [7, 11) is 0. The van der Waals surface area contributed by atoms with Crippen LogP contribution in [0.5, 0.6) is 0 Å². The maximum absolute atomic E-state index is 12.4. The van der Waals surface area contributed by atoms with Crippen molar-refractivity contribution in [3.8, 4) is 6.07 Å². The lowest BCUT2D eigenvalue weighted by Gasteiger charge is -2.29. The van der Waals surface area contributed by atoms with Crippen molar-refractivity contribution in [2.75, 3.05) is 31.1 Å². The summed E-state index contributed by atoms with van der Waals surface area (Å²) in [5.41, 5.74) is 2.45. The third kappa shape index (κ3) is 5.42. The molecule has 1 saturated heterocycles. The molecule has 7 nitrogen and oxygen atoms in total. The van der Waals surface area contributed by atoms with E-state index in [1.54, 1.807) is 6.92 Å². The first-order chi connectivity index (χ1) is 14.9. The summed E-state index contributed by atoms with van der Waals surface area (Å²) in [4.78, 5) is 14.8. The van der Waals surface area contributed by atoms with Crippen LogP contribution >= 0.6 is 0 Å². The molecule has 3 rings (SSSR count). The number of anilines is 1. The van der Waals surface area contributed by atoms with Gasteiger partial charge in [0.05, 0.1) is 12.7 Å². The molecule has 1 aliphatic heterocycles. The molecule has 164 valence electrons. The first-order valence-electron chi connectivity index (χ1n) is 10.6. The smallest absolute Gasteiger partial charge is 0.262 e. The number of carbonyl (C=O) groups is 1. The number of rotatable bonds is 7. The zero-order valence-electron chi connectivity index (χ0n) is 17.7. The standard InChI is InChI=1S/C24H29N3O4/c1-16(21(13-25)24(31)26-14-22(29)23(30)15-28)17-5-6-19-12-20(8-7-18(19)11-17)27-9-3-2-4-10-27/h5-8,11-12,22-23,28-30H,2-4,9-10,14-15H2,1H3,(H,26,31)/b21-16+. The molecule has 1 fully saturated rings. The van der Waals surface area contributed by atoms with Crippen molar-refractivity contribution in [2.24, 2.45) is 0 Å². The van der Waals surface area contributed by atoms with Crippen molar-refractivity contribution >= 4 is 27.9 Å². The zero-order valence-corrected chi connectivity index (χ0v) is 17.7. The first kappa shape index (κ1) is 22.8. The summed E-state index contributed by atoms with van der Waals surface area (Å²) in [5, 5.41) is 42.0. The quantitative estimate of drug-likeness (QED) is 0.400. The molecule has 0 saturated carbocycles. The molecule has 2 unspecified atom stereocenters. The first-order valence-corrected chi connectivity index (χ1v) is 10.6. The van der Waals surface area contributed by atoms with Gasteiger partial charge in [-0.3, -0.25) is 4.79 Å². The minimum Gasteiger partial charge on any atom is -0.394 e. The van der Waals surface area contributed by atoms with Crippen LogP contribution < -0.4 is 10.2 Å². The number of benzene rings is 2. The number of piperidine rings is 1. The lowest BCUT2D eigenvalue weighted by molar-refractivity contribution is -0.118. The van der Waals surface area contributed by atoms with Gasteiger partial charge in [0.1, 0.15) is 17.7 Å². The number of nitrogens with one attached hydrogen (secondary N) is 1. The number of hydrogen-bond donors (Lipinski definition) is 4. The van der Waals surface area contributed by atoms with Gasteiger partial charge in [0.25, 0.3) is 5.91 Å². The average molecular weight is 424 g/mol. The SMILES string of the molecule is C/C(=C(/C#N)C(=O)NCC(O)C(O)CO)c1ccc2cc(N3CCCCC3)ccc2c1. The van der Waals surface area contributed by atoms with E-state index in [0.29, 0.717) is 5.57 Å². The van der Waals surface area contributed by atoms with Gasteiger partial charge in [0.15, 0.2) is 0 Å². The van der Waals surface area contributed by atoms with Crippen LogP contribution in [-0.4, -0.2) is 59.7 Å². The Balaban J connectivity index is 1.80. The van der Waals surface area contributed by atoms with Crippen molar-refractivity contribution in [3.05, 3.63) is 47.5 Å². The largest absolute Gasteiger partial charge is 0.394 e. The van der Waals surface area contributed by atoms with Gasteiger partial charge in [-0.1, -0.05) is 18.2 Å². The van der Waals surface area contributed by atoms with E-state index in [4.69, 9.17) is 5.11 Å². The van der Waals surface area contributed by atoms with Crippen molar-refractivity contribution in [2.45, 2.75) is 38.4 Å². The number of fused-ring (bicyclic) bond motifs is 1. The summed E-state index contributed by atoms with van der Waals surface area (Å²) >= 11 is 0. The molecule has 1 heterocycles. The molecule has 1 amide bonds. The van der Waals surface area contributed by atoms with Gasteiger partial charge in [-0.25, -0.2) is 0 Å². The molecule has 4 N–H and O–H groups in total. The van der Waals surface area contributed by atoms with Crippen LogP contribution in [-0.2, 0) is 4.79 Å². The maximum atomic E-state index is 12.4. The van der Waals surface area contributed by atoms with Crippen molar-refractivity contribution < 1.29 is 20.1 Å². The Morgan fingerprint density at radius 2 is 1.77 bits per heavy atom. The Bertz CT molecular complexity index is 1010. The molecule has 31 heavy (non-hydrogen) atoms. The van der Waals surface area contributed by atoms with Crippen molar-refractivity contribution in [3.63, 3.8) is 0 Å². The zero-order chi connectivity index (χ0) is 22.4. The lowest BCUT2D eigenvalue weighted by atomic mass is 9.98. The lowest BCUT2D eigenvalue weighted by Crippen LogP contribution is -2.41. The Morgan fingerprint density at radius 1 is 1.10 bits per heavy atom. The highest BCUT2D eigenvalue weighted by Crippen LogP contribution is 2.28. The Hall–Kier alpha value is -2.92. The predicted octanol–water partition coefficient (Wildman–Crippen LogP) is 1.96. The van der Waals surface area contributed by atoms with Gasteiger partial charge in [-0.05, 0) is 66.3 Å². The van der Waals surface area contributed by atoms with E-state index < -0.39 is 24.7 Å². The van der Waals surface area contributed by atoms with Crippen molar-refractivity contribution in [1.82, 2.24) is 5.32 Å². The highest BCUT2D eigenvalue weighted by molar-refractivity contribution is 6.05. The Kier molecular flexibility index (Phi) is 7.64. The molecular formula is C24H29N3O4. The van der Waals surface area contributed by atoms with E-state index in [9.17, 15) is 20.3 Å². The van der Waals surface area contributed by atoms with E-state index in [1.165, 1.54) is 24.9 Å². The molecule has 0 radical (unpaired) electrons. The number of allylic oxidation sites excluding steroid dienone is 1. The summed E-state index contributed by atoms with van der Waals surface area (Å²) in [6, 6.07) is 14.1. The van der Waals surface area contributed by atoms with E-state index >= 15 is 0 Å². The van der Waals surface area contributed by atoms with Crippen LogP contribution in [0.25, 0.3) is 16.3 Å². The van der Waals surface area contributed by atoms with E-state index in [0.717, 1.165) is 29.4 Å². The highest BCUT2D eigenvalue weighted by Gasteiger charge is 2.19. The molecule has 1 aliphatic rings. The van der Waals surface area contributed by atoms with E-state index in [2.05, 4.69) is 28.4 Å². The van der Waals surface area contributed by atoms with Crippen LogP contribution in [0.4, 0.5) is 5.69 Å². The number of aliphatic hydroxyl groups excluding tert-OH is 3. The fourth-order valence-corrected chi connectivity index (χ4v) is 3.81. The normalized spacial score (nSPS) is 16.9. The summed E-state index contributed by atoms with van der Waals surface area (Å²) < 4.78 is 0. The molecule has 0 aromatic heterocycles. The molecule has 7 heteroatoms. The average Bonchev–Trinajstić information content (AvgIpc) is 2.82. The van der Waals surface area contributed by atoms with E-state index in [1.807, 2.05) is 24.3 Å². The number of amides is 1. The second kappa shape index (κ2) is 10.4. The number of hydrogen-bond acceptors (Lipinski definition) is 6. The molecule has 0 aliphatic carbocycles. The van der Waals surface area contributed by atoms with Gasteiger partial charge >= 0.3 is 0 Å². The third-order valence-electron chi connectivity index (χ3n) is 5.79. The molecular weight excluding hydrogens is 394 g/mol. The van der Waals surface area contributed by atoms with E-state index in [-0.39, 0.29) is 12.1 Å². The predicted molar refractivity (Wildman–Crippen MR) is 120 cm³/mol. The van der Waals surface area contributed by atoms with Crippen LogP contribution in [0.1, 0.15) is 31.7 Å². The second-order valence-electron chi connectivity index (χ2n) is 7.93. The molecule has 0 spiro atoms. The Morgan fingerprint density at radius 3 is 2.45 bits per heavy atom. The van der Waals surface area contributed by atoms with Crippen LogP contribution in [0.2, 0.25) is 0 Å². The van der Waals surface area contributed by atoms with Crippen molar-refractivity contribution in [1.29, 1.82) is 5.26 Å². The van der Waals surface area contributed by atoms with Crippen LogP contribution in [0.3, 0.4) is 0 Å². The summed E-state index contributed by atoms with van der Waals surface area (Å²) in [6.07, 6.45) is 1.05. The molecule has 0 bridgehead atoms. The van der Waals surface area contributed by atoms with Gasteiger partial charge in [-0.2, -0.15) is 5.26 Å². The summed E-state index contributed by atoms with van der Waals surface area (Å²) in [5.74, 6) is -0.635. The van der Waals surface area contributed by atoms with Crippen LogP contribution in [0.15, 0.2) is 42.0 Å². The minimum absolute atomic E-state index is 0.0602. The van der Waals surface area contributed by atoms with Gasteiger partial charge in [-0.15, -0.1) is 0 Å². The highest BCUT2D eigenvalue weighted by atomic mass is 16.4. The molecule has 2 aromatic carbocycles. The fourth-order valence-electron chi connectivity index (χ4n) is 3.81. The third-order valence-corrected chi connectivity index (χ3v) is 5.79. The number of nitrogens with zero attached hydrogens (tertiary/aromatic N) is 2. The van der Waals surface area contributed by atoms with Gasteiger partial charge in [0, 0.05) is 25.3 Å². The fraction of sp³-hybridized carbons (Fsp3) is 0.417. The summed E-state index contributed by atoms with van der Waals surface area (Å²) in [6.45, 7) is 2.98. The van der Waals surface area contributed by atoms with Crippen LogP contribution in [0, 0.1) is 11.3 Å². The minimum atomic E-state index is -1.36. The monoisotopic (exact) mass is 423 g/mol. The number of carbonyl (C=O) groups excluding carboxylic acids is 1. The maximum Gasteiger partial charge on any atom is 0.262 e. The Labute approximate surface area is 182 Å².